The molecule has 15 heavy (non-hydrogen) atoms. The predicted molar refractivity (Wildman–Crippen MR) is 61.7 cm³/mol. The fourth-order valence-corrected chi connectivity index (χ4v) is 2.54. The summed E-state index contributed by atoms with van der Waals surface area (Å²) in [6.45, 7) is 6.46. The molecule has 1 saturated heterocycles. The van der Waals surface area contributed by atoms with Gasteiger partial charge in [-0.15, -0.1) is 0 Å². The van der Waals surface area contributed by atoms with E-state index in [0.717, 1.165) is 25.4 Å². The lowest BCUT2D eigenvalue weighted by molar-refractivity contribution is -0.130. The van der Waals surface area contributed by atoms with Crippen LogP contribution in [0, 0.1) is 17.3 Å². The van der Waals surface area contributed by atoms with E-state index in [2.05, 4.69) is 19.2 Å². The molecule has 1 heterocycles. The van der Waals surface area contributed by atoms with Gasteiger partial charge in [0.1, 0.15) is 5.78 Å². The van der Waals surface area contributed by atoms with Crippen LogP contribution in [0.25, 0.3) is 0 Å². The van der Waals surface area contributed by atoms with Gasteiger partial charge < -0.3 is 5.32 Å². The molecule has 0 aromatic carbocycles. The van der Waals surface area contributed by atoms with Crippen molar-refractivity contribution in [3.8, 4) is 0 Å². The van der Waals surface area contributed by atoms with Crippen LogP contribution >= 0.6 is 0 Å². The molecule has 1 atom stereocenters. The molecule has 1 aliphatic carbocycles. The number of hydrogen-bond acceptors (Lipinski definition) is 2. The highest BCUT2D eigenvalue weighted by Crippen LogP contribution is 2.39. The summed E-state index contributed by atoms with van der Waals surface area (Å²) in [4.78, 5) is 12.2. The molecule has 0 amide bonds. The molecule has 0 aromatic heterocycles. The van der Waals surface area contributed by atoms with Gasteiger partial charge in [-0.05, 0) is 50.6 Å². The molecule has 0 radical (unpaired) electrons. The first kappa shape index (κ1) is 11.1. The summed E-state index contributed by atoms with van der Waals surface area (Å²) in [6.07, 6.45) is 5.85. The summed E-state index contributed by atoms with van der Waals surface area (Å²) >= 11 is 0. The van der Waals surface area contributed by atoms with Crippen LogP contribution in [0.1, 0.15) is 46.0 Å². The van der Waals surface area contributed by atoms with E-state index in [1.54, 1.807) is 0 Å². The number of hydrogen-bond donors (Lipinski definition) is 1. The van der Waals surface area contributed by atoms with Crippen molar-refractivity contribution in [1.82, 2.24) is 5.32 Å². The van der Waals surface area contributed by atoms with Crippen molar-refractivity contribution in [1.29, 1.82) is 0 Å². The standard InChI is InChI=1S/C13H23NO/c1-13(2,11-4-3-7-14-9-11)12(15)8-10-5-6-10/h10-11,14H,3-9H2,1-2H3. The van der Waals surface area contributed by atoms with Crippen LogP contribution in [0.3, 0.4) is 0 Å². The number of carbonyl (C=O) groups is 1. The van der Waals surface area contributed by atoms with E-state index in [9.17, 15) is 4.79 Å². The zero-order valence-corrected chi connectivity index (χ0v) is 10.0. The Morgan fingerprint density at radius 3 is 2.60 bits per heavy atom. The van der Waals surface area contributed by atoms with Crippen LogP contribution in [0.2, 0.25) is 0 Å². The van der Waals surface area contributed by atoms with Gasteiger partial charge in [-0.1, -0.05) is 13.8 Å². The van der Waals surface area contributed by atoms with Crippen LogP contribution in [0.5, 0.6) is 0 Å². The van der Waals surface area contributed by atoms with E-state index in [1.807, 2.05) is 0 Å². The first-order valence-electron chi connectivity index (χ1n) is 6.34. The Balaban J connectivity index is 1.92. The van der Waals surface area contributed by atoms with Gasteiger partial charge in [-0.3, -0.25) is 4.79 Å². The minimum Gasteiger partial charge on any atom is -0.316 e. The molecule has 86 valence electrons. The number of Topliss-reactive ketones (excluding diaryl/α,β-unsaturated/α-hetero) is 1. The summed E-state index contributed by atoms with van der Waals surface area (Å²) in [7, 11) is 0. The lowest BCUT2D eigenvalue weighted by Gasteiger charge is -2.36. The van der Waals surface area contributed by atoms with E-state index in [1.165, 1.54) is 25.7 Å². The highest BCUT2D eigenvalue weighted by molar-refractivity contribution is 5.84. The highest BCUT2D eigenvalue weighted by atomic mass is 16.1. The number of ketones is 1. The van der Waals surface area contributed by atoms with Gasteiger partial charge in [0.05, 0.1) is 0 Å². The van der Waals surface area contributed by atoms with Crippen molar-refractivity contribution in [2.45, 2.75) is 46.0 Å². The molecule has 1 N–H and O–H groups in total. The fourth-order valence-electron chi connectivity index (χ4n) is 2.54. The molecule has 2 heteroatoms. The van der Waals surface area contributed by atoms with Crippen molar-refractivity contribution < 1.29 is 4.79 Å². The highest BCUT2D eigenvalue weighted by Gasteiger charge is 2.39. The summed E-state index contributed by atoms with van der Waals surface area (Å²) in [6, 6.07) is 0. The summed E-state index contributed by atoms with van der Waals surface area (Å²) in [5.41, 5.74) is -0.101. The summed E-state index contributed by atoms with van der Waals surface area (Å²) in [5, 5.41) is 3.41. The third-order valence-electron chi connectivity index (χ3n) is 4.21. The molecule has 1 unspecified atom stereocenters. The van der Waals surface area contributed by atoms with Crippen molar-refractivity contribution in [3.05, 3.63) is 0 Å². The Morgan fingerprint density at radius 1 is 1.33 bits per heavy atom. The van der Waals surface area contributed by atoms with Gasteiger partial charge in [-0.2, -0.15) is 0 Å². The Bertz CT molecular complexity index is 237. The zero-order chi connectivity index (χ0) is 10.9. The molecule has 0 aromatic rings. The second kappa shape index (κ2) is 4.25. The number of nitrogens with one attached hydrogen (secondary N) is 1. The number of piperidine rings is 1. The van der Waals surface area contributed by atoms with E-state index in [0.29, 0.717) is 11.7 Å². The maximum Gasteiger partial charge on any atom is 0.139 e. The van der Waals surface area contributed by atoms with Gasteiger partial charge in [0.15, 0.2) is 0 Å². The third kappa shape index (κ3) is 2.60. The van der Waals surface area contributed by atoms with Crippen molar-refractivity contribution in [2.24, 2.45) is 17.3 Å². The molecule has 2 nitrogen and oxygen atoms in total. The Labute approximate surface area is 92.8 Å². The first-order chi connectivity index (χ1) is 7.10. The van der Waals surface area contributed by atoms with Gasteiger partial charge >= 0.3 is 0 Å². The maximum atomic E-state index is 12.2. The van der Waals surface area contributed by atoms with Crippen LogP contribution in [-0.4, -0.2) is 18.9 Å². The van der Waals surface area contributed by atoms with Gasteiger partial charge in [0.2, 0.25) is 0 Å². The Morgan fingerprint density at radius 2 is 2.07 bits per heavy atom. The molecular formula is C13H23NO. The monoisotopic (exact) mass is 209 g/mol. The molecule has 0 bridgehead atoms. The molecule has 1 saturated carbocycles. The lowest BCUT2D eigenvalue weighted by Crippen LogP contribution is -2.42. The first-order valence-corrected chi connectivity index (χ1v) is 6.34. The predicted octanol–water partition coefficient (Wildman–Crippen LogP) is 2.38. The third-order valence-corrected chi connectivity index (χ3v) is 4.21. The summed E-state index contributed by atoms with van der Waals surface area (Å²) in [5.74, 6) is 1.78. The minimum atomic E-state index is -0.101. The molecule has 2 aliphatic rings. The van der Waals surface area contributed by atoms with Gasteiger partial charge in [0, 0.05) is 11.8 Å². The smallest absolute Gasteiger partial charge is 0.139 e. The van der Waals surface area contributed by atoms with Gasteiger partial charge in [-0.25, -0.2) is 0 Å². The average Bonchev–Trinajstić information content (AvgIpc) is 3.03. The molecule has 0 spiro atoms. The van der Waals surface area contributed by atoms with E-state index < -0.39 is 0 Å². The topological polar surface area (TPSA) is 29.1 Å². The fraction of sp³-hybridized carbons (Fsp3) is 0.923. The van der Waals surface area contributed by atoms with E-state index in [4.69, 9.17) is 0 Å². The molecule has 1 aliphatic heterocycles. The Hall–Kier alpha value is -0.370. The zero-order valence-electron chi connectivity index (χ0n) is 10.0. The molecule has 2 rings (SSSR count). The van der Waals surface area contributed by atoms with Crippen LogP contribution in [-0.2, 0) is 4.79 Å². The minimum absolute atomic E-state index is 0.101. The van der Waals surface area contributed by atoms with Crippen LogP contribution in [0.4, 0.5) is 0 Å². The Kier molecular flexibility index (Phi) is 3.15. The summed E-state index contributed by atoms with van der Waals surface area (Å²) < 4.78 is 0. The van der Waals surface area contributed by atoms with Crippen molar-refractivity contribution in [2.75, 3.05) is 13.1 Å². The number of carbonyl (C=O) groups excluding carboxylic acids is 1. The maximum absolute atomic E-state index is 12.2. The van der Waals surface area contributed by atoms with Crippen LogP contribution < -0.4 is 5.32 Å². The molecular weight excluding hydrogens is 186 g/mol. The lowest BCUT2D eigenvalue weighted by atomic mass is 9.71. The van der Waals surface area contributed by atoms with Crippen LogP contribution in [0.15, 0.2) is 0 Å². The number of rotatable bonds is 4. The van der Waals surface area contributed by atoms with Crippen molar-refractivity contribution in [3.63, 3.8) is 0 Å². The second-order valence-electron chi connectivity index (χ2n) is 5.84. The SMILES string of the molecule is CC(C)(C(=O)CC1CC1)C1CCCNC1. The average molecular weight is 209 g/mol. The second-order valence-corrected chi connectivity index (χ2v) is 5.84. The normalized spacial score (nSPS) is 27.7. The van der Waals surface area contributed by atoms with Crippen molar-refractivity contribution >= 4 is 5.78 Å². The molecule has 2 fully saturated rings. The van der Waals surface area contributed by atoms with E-state index in [-0.39, 0.29) is 5.41 Å². The van der Waals surface area contributed by atoms with Gasteiger partial charge in [0.25, 0.3) is 0 Å². The quantitative estimate of drug-likeness (QED) is 0.770. The van der Waals surface area contributed by atoms with E-state index >= 15 is 0 Å². The largest absolute Gasteiger partial charge is 0.316 e.